The molecule has 0 bridgehead atoms. The van der Waals surface area contributed by atoms with Crippen LogP contribution in [0.4, 0.5) is 5.69 Å². The predicted octanol–water partition coefficient (Wildman–Crippen LogP) is 0.830. The van der Waals surface area contributed by atoms with Crippen LogP contribution < -0.4 is 15.6 Å². The fourth-order valence-electron chi connectivity index (χ4n) is 2.20. The maximum Gasteiger partial charge on any atom is 0.264 e. The van der Waals surface area contributed by atoms with E-state index in [1.165, 1.54) is 41.2 Å². The summed E-state index contributed by atoms with van der Waals surface area (Å²) in [6.07, 6.45) is 1.32. The summed E-state index contributed by atoms with van der Waals surface area (Å²) in [6.45, 7) is 4.69. The van der Waals surface area contributed by atoms with E-state index in [0.717, 1.165) is 6.92 Å². The van der Waals surface area contributed by atoms with Gasteiger partial charge >= 0.3 is 0 Å². The van der Waals surface area contributed by atoms with Gasteiger partial charge in [-0.25, -0.2) is 18.1 Å². The molecule has 9 nitrogen and oxygen atoms in total. The largest absolute Gasteiger partial charge is 0.325 e. The van der Waals surface area contributed by atoms with Gasteiger partial charge in [0, 0.05) is 18.7 Å². The average Bonchev–Trinajstić information content (AvgIpc) is 2.55. The molecule has 1 aromatic heterocycles. The van der Waals surface area contributed by atoms with Crippen molar-refractivity contribution in [1.82, 2.24) is 14.3 Å². The van der Waals surface area contributed by atoms with Gasteiger partial charge in [0.1, 0.15) is 6.54 Å². The maximum absolute atomic E-state index is 12.1. The van der Waals surface area contributed by atoms with Crippen LogP contribution in [-0.2, 0) is 26.2 Å². The first-order valence-electron chi connectivity index (χ1n) is 8.08. The van der Waals surface area contributed by atoms with Gasteiger partial charge in [-0.2, -0.15) is 0 Å². The number of carbonyl (C=O) groups is 2. The Kier molecular flexibility index (Phi) is 6.11. The lowest BCUT2D eigenvalue weighted by Gasteiger charge is -2.10. The Morgan fingerprint density at radius 2 is 1.81 bits per heavy atom. The van der Waals surface area contributed by atoms with Gasteiger partial charge in [0.05, 0.1) is 16.9 Å². The highest BCUT2D eigenvalue weighted by atomic mass is 32.2. The fraction of sp³-hybridized carbons (Fsp3) is 0.294. The van der Waals surface area contributed by atoms with Crippen LogP contribution in [0.15, 0.2) is 46.3 Å². The van der Waals surface area contributed by atoms with Crippen molar-refractivity contribution in [2.45, 2.75) is 38.1 Å². The van der Waals surface area contributed by atoms with Crippen LogP contribution in [0.25, 0.3) is 0 Å². The Morgan fingerprint density at radius 3 is 2.33 bits per heavy atom. The third-order valence-electron chi connectivity index (χ3n) is 3.53. The molecular weight excluding hydrogens is 372 g/mol. The molecule has 0 unspecified atom stereocenters. The van der Waals surface area contributed by atoms with E-state index in [1.807, 2.05) is 18.6 Å². The molecule has 1 heterocycles. The Morgan fingerprint density at radius 1 is 1.19 bits per heavy atom. The molecule has 0 atom stereocenters. The topological polar surface area (TPSA) is 127 Å². The number of hydrogen-bond donors (Lipinski definition) is 2. The van der Waals surface area contributed by atoms with Gasteiger partial charge in [-0.3, -0.25) is 19.0 Å². The Hall–Kier alpha value is -3.01. The van der Waals surface area contributed by atoms with Crippen molar-refractivity contribution in [3.63, 3.8) is 0 Å². The quantitative estimate of drug-likeness (QED) is 0.750. The van der Waals surface area contributed by atoms with E-state index < -0.39 is 21.8 Å². The number of anilines is 1. The highest BCUT2D eigenvalue weighted by molar-refractivity contribution is 7.90. The molecule has 2 rings (SSSR count). The van der Waals surface area contributed by atoms with Crippen molar-refractivity contribution in [2.75, 3.05) is 5.32 Å². The summed E-state index contributed by atoms with van der Waals surface area (Å²) in [5.41, 5.74) is 0.662. The van der Waals surface area contributed by atoms with E-state index in [1.54, 1.807) is 0 Å². The minimum Gasteiger partial charge on any atom is -0.325 e. The number of benzene rings is 1. The summed E-state index contributed by atoms with van der Waals surface area (Å²) in [7, 11) is -3.94. The van der Waals surface area contributed by atoms with Gasteiger partial charge < -0.3 is 5.32 Å². The summed E-state index contributed by atoms with van der Waals surface area (Å²) >= 11 is 0. The highest BCUT2D eigenvalue weighted by Gasteiger charge is 2.15. The Labute approximate surface area is 156 Å². The molecule has 0 spiro atoms. The SMILES string of the molecule is CC(=O)NS(=O)(=O)c1ccc(NC(=O)Cn2cnc(C(C)C)cc2=O)cc1. The third kappa shape index (κ3) is 5.48. The zero-order valence-corrected chi connectivity index (χ0v) is 15.9. The molecule has 10 heteroatoms. The van der Waals surface area contributed by atoms with Crippen LogP contribution in [0.2, 0.25) is 0 Å². The zero-order valence-electron chi connectivity index (χ0n) is 15.1. The number of carbonyl (C=O) groups excluding carboxylic acids is 2. The molecule has 2 amide bonds. The first-order chi connectivity index (χ1) is 12.6. The standard InChI is InChI=1S/C17H20N4O5S/c1-11(2)15-8-17(24)21(10-18-15)9-16(23)19-13-4-6-14(7-5-13)27(25,26)20-12(3)22/h4-8,10-11H,9H2,1-3H3,(H,19,23)(H,20,22). The van der Waals surface area contributed by atoms with Crippen LogP contribution >= 0.6 is 0 Å². The minimum absolute atomic E-state index is 0.105. The molecule has 27 heavy (non-hydrogen) atoms. The van der Waals surface area contributed by atoms with Crippen molar-refractivity contribution in [3.05, 3.63) is 52.7 Å². The molecule has 2 N–H and O–H groups in total. The lowest BCUT2D eigenvalue weighted by atomic mass is 10.1. The van der Waals surface area contributed by atoms with Gasteiger partial charge in [-0.1, -0.05) is 13.8 Å². The second-order valence-corrected chi connectivity index (χ2v) is 7.85. The van der Waals surface area contributed by atoms with Gasteiger partial charge in [0.2, 0.25) is 11.8 Å². The van der Waals surface area contributed by atoms with Crippen molar-refractivity contribution in [3.8, 4) is 0 Å². The van der Waals surface area contributed by atoms with Gasteiger partial charge in [0.25, 0.3) is 15.6 Å². The number of hydrogen-bond acceptors (Lipinski definition) is 6. The number of amides is 2. The smallest absolute Gasteiger partial charge is 0.264 e. The second-order valence-electron chi connectivity index (χ2n) is 6.17. The zero-order chi connectivity index (χ0) is 20.2. The third-order valence-corrected chi connectivity index (χ3v) is 4.98. The van der Waals surface area contributed by atoms with Crippen LogP contribution in [0, 0.1) is 0 Å². The van der Waals surface area contributed by atoms with Gasteiger partial charge in [-0.05, 0) is 30.2 Å². The van der Waals surface area contributed by atoms with E-state index >= 15 is 0 Å². The van der Waals surface area contributed by atoms with E-state index in [4.69, 9.17) is 0 Å². The van der Waals surface area contributed by atoms with Crippen molar-refractivity contribution in [2.24, 2.45) is 0 Å². The van der Waals surface area contributed by atoms with E-state index in [2.05, 4.69) is 10.3 Å². The van der Waals surface area contributed by atoms with Gasteiger partial charge in [0.15, 0.2) is 0 Å². The number of aromatic nitrogens is 2. The van der Waals surface area contributed by atoms with Crippen molar-refractivity contribution in [1.29, 1.82) is 0 Å². The molecule has 0 saturated heterocycles. The van der Waals surface area contributed by atoms with E-state index in [9.17, 15) is 22.8 Å². The van der Waals surface area contributed by atoms with Gasteiger partial charge in [-0.15, -0.1) is 0 Å². The lowest BCUT2D eigenvalue weighted by Crippen LogP contribution is -2.28. The number of nitrogens with zero attached hydrogens (tertiary/aromatic N) is 2. The molecule has 144 valence electrons. The van der Waals surface area contributed by atoms with E-state index in [-0.39, 0.29) is 22.9 Å². The van der Waals surface area contributed by atoms with Crippen LogP contribution in [0.1, 0.15) is 32.4 Å². The summed E-state index contributed by atoms with van der Waals surface area (Å²) in [5, 5.41) is 2.57. The normalized spacial score (nSPS) is 11.3. The summed E-state index contributed by atoms with van der Waals surface area (Å²) in [5.74, 6) is -1.06. The molecule has 1 aromatic carbocycles. The molecule has 0 aliphatic heterocycles. The monoisotopic (exact) mass is 392 g/mol. The molecule has 0 radical (unpaired) electrons. The highest BCUT2D eigenvalue weighted by Crippen LogP contribution is 2.14. The first kappa shape index (κ1) is 20.3. The summed E-state index contributed by atoms with van der Waals surface area (Å²) < 4.78 is 26.8. The molecule has 0 aliphatic rings. The predicted molar refractivity (Wildman–Crippen MR) is 98.7 cm³/mol. The lowest BCUT2D eigenvalue weighted by molar-refractivity contribution is -0.117. The molecule has 0 aliphatic carbocycles. The first-order valence-corrected chi connectivity index (χ1v) is 9.56. The Balaban J connectivity index is 2.06. The average molecular weight is 392 g/mol. The molecular formula is C17H20N4O5S. The number of nitrogens with one attached hydrogen (secondary N) is 2. The second kappa shape index (κ2) is 8.12. The minimum atomic E-state index is -3.94. The number of rotatable bonds is 6. The summed E-state index contributed by atoms with van der Waals surface area (Å²) in [6, 6.07) is 6.67. The van der Waals surface area contributed by atoms with Crippen LogP contribution in [-0.4, -0.2) is 29.8 Å². The van der Waals surface area contributed by atoms with Crippen LogP contribution in [0.3, 0.4) is 0 Å². The van der Waals surface area contributed by atoms with E-state index in [0.29, 0.717) is 11.4 Å². The molecule has 0 fully saturated rings. The van der Waals surface area contributed by atoms with Crippen molar-refractivity contribution < 1.29 is 18.0 Å². The maximum atomic E-state index is 12.1. The summed E-state index contributed by atoms with van der Waals surface area (Å²) in [4.78, 5) is 39.1. The fourth-order valence-corrected chi connectivity index (χ4v) is 3.19. The van der Waals surface area contributed by atoms with Crippen LogP contribution in [0.5, 0.6) is 0 Å². The molecule has 2 aromatic rings. The van der Waals surface area contributed by atoms with Crippen molar-refractivity contribution >= 4 is 27.5 Å². The molecule has 0 saturated carbocycles. The Bertz CT molecular complexity index is 1010. The number of sulfonamides is 1.